The number of ether oxygens (including phenoxy) is 1. The fraction of sp³-hybridized carbons (Fsp3) is 0.471. The van der Waals surface area contributed by atoms with Gasteiger partial charge in [-0.15, -0.1) is 5.10 Å². The summed E-state index contributed by atoms with van der Waals surface area (Å²) in [5.74, 6) is 0.620. The average molecular weight is 332 g/mol. The van der Waals surface area contributed by atoms with Crippen molar-refractivity contribution >= 4 is 5.91 Å². The fourth-order valence-electron chi connectivity index (χ4n) is 2.84. The highest BCUT2D eigenvalue weighted by molar-refractivity contribution is 5.90. The Kier molecular flexibility index (Phi) is 4.89. The zero-order chi connectivity index (χ0) is 17.1. The molecule has 0 N–H and O–H groups in total. The molecule has 1 fully saturated rings. The van der Waals surface area contributed by atoms with Crippen LogP contribution in [0.15, 0.2) is 24.3 Å². The summed E-state index contributed by atoms with van der Waals surface area (Å²) in [6, 6.07) is 5.93. The van der Waals surface area contributed by atoms with E-state index in [0.717, 1.165) is 13.0 Å². The summed E-state index contributed by atoms with van der Waals surface area (Å²) in [6.07, 6.45) is 0.972. The number of nitrogens with zero attached hydrogens (tertiary/aromatic N) is 4. The van der Waals surface area contributed by atoms with Crippen molar-refractivity contribution in [3.8, 4) is 5.69 Å². The van der Waals surface area contributed by atoms with Crippen LogP contribution < -0.4 is 0 Å². The third-order valence-corrected chi connectivity index (χ3v) is 4.20. The first-order valence-corrected chi connectivity index (χ1v) is 8.15. The van der Waals surface area contributed by atoms with Gasteiger partial charge in [0.2, 0.25) is 5.82 Å². The lowest BCUT2D eigenvalue weighted by molar-refractivity contribution is 0.0718. The molecule has 6 nitrogen and oxygen atoms in total. The van der Waals surface area contributed by atoms with Crippen molar-refractivity contribution in [2.45, 2.75) is 20.3 Å². The van der Waals surface area contributed by atoms with E-state index in [-0.39, 0.29) is 17.5 Å². The van der Waals surface area contributed by atoms with Crippen LogP contribution in [-0.2, 0) is 4.74 Å². The molecule has 0 aliphatic carbocycles. The first-order valence-electron chi connectivity index (χ1n) is 8.15. The molecule has 0 spiro atoms. The fourth-order valence-corrected chi connectivity index (χ4v) is 2.84. The van der Waals surface area contributed by atoms with E-state index in [9.17, 15) is 9.18 Å². The molecule has 1 unspecified atom stereocenters. The number of halogens is 1. The normalized spacial score (nSPS) is 17.2. The van der Waals surface area contributed by atoms with Crippen LogP contribution in [0.4, 0.5) is 4.39 Å². The number of amides is 1. The number of carbonyl (C=O) groups excluding carboxylic acids is 1. The van der Waals surface area contributed by atoms with Gasteiger partial charge in [0.25, 0.3) is 5.91 Å². The third kappa shape index (κ3) is 3.46. The van der Waals surface area contributed by atoms with Crippen molar-refractivity contribution in [1.82, 2.24) is 19.7 Å². The van der Waals surface area contributed by atoms with Crippen LogP contribution in [0.3, 0.4) is 0 Å². The summed E-state index contributed by atoms with van der Waals surface area (Å²) in [6.45, 7) is 6.41. The van der Waals surface area contributed by atoms with Gasteiger partial charge in [-0.1, -0.05) is 0 Å². The second-order valence-electron chi connectivity index (χ2n) is 5.94. The molecule has 24 heavy (non-hydrogen) atoms. The lowest BCUT2D eigenvalue weighted by atomic mass is 10.1. The molecule has 1 saturated heterocycles. The van der Waals surface area contributed by atoms with Gasteiger partial charge in [0.15, 0.2) is 0 Å². The summed E-state index contributed by atoms with van der Waals surface area (Å²) in [4.78, 5) is 18.7. The minimum atomic E-state index is -0.316. The molecule has 3 rings (SSSR count). The minimum Gasteiger partial charge on any atom is -0.381 e. The number of hydrogen-bond acceptors (Lipinski definition) is 4. The van der Waals surface area contributed by atoms with Crippen LogP contribution in [0.1, 0.15) is 29.8 Å². The van der Waals surface area contributed by atoms with Crippen LogP contribution in [0.2, 0.25) is 0 Å². The van der Waals surface area contributed by atoms with Crippen LogP contribution in [0, 0.1) is 18.7 Å². The molecule has 0 radical (unpaired) electrons. The number of rotatable bonds is 5. The molecule has 7 heteroatoms. The average Bonchev–Trinajstić information content (AvgIpc) is 3.22. The van der Waals surface area contributed by atoms with Crippen molar-refractivity contribution in [2.24, 2.45) is 5.92 Å². The zero-order valence-corrected chi connectivity index (χ0v) is 13.9. The second kappa shape index (κ2) is 7.09. The third-order valence-electron chi connectivity index (χ3n) is 4.20. The Morgan fingerprint density at radius 1 is 1.42 bits per heavy atom. The zero-order valence-electron chi connectivity index (χ0n) is 13.9. The predicted octanol–water partition coefficient (Wildman–Crippen LogP) is 2.21. The minimum absolute atomic E-state index is 0.164. The molecule has 1 amide bonds. The van der Waals surface area contributed by atoms with Crippen molar-refractivity contribution in [3.63, 3.8) is 0 Å². The van der Waals surface area contributed by atoms with Crippen molar-refractivity contribution in [1.29, 1.82) is 0 Å². The number of aromatic nitrogens is 3. The Balaban J connectivity index is 1.79. The van der Waals surface area contributed by atoms with Gasteiger partial charge >= 0.3 is 0 Å². The van der Waals surface area contributed by atoms with Crippen LogP contribution in [0.5, 0.6) is 0 Å². The van der Waals surface area contributed by atoms with Gasteiger partial charge < -0.3 is 9.64 Å². The van der Waals surface area contributed by atoms with E-state index < -0.39 is 0 Å². The Bertz CT molecular complexity index is 708. The Hall–Kier alpha value is -2.28. The first-order chi connectivity index (χ1) is 11.6. The molecule has 128 valence electrons. The molecule has 1 aliphatic heterocycles. The van der Waals surface area contributed by atoms with Gasteiger partial charge in [0, 0.05) is 25.6 Å². The quantitative estimate of drug-likeness (QED) is 0.842. The predicted molar refractivity (Wildman–Crippen MR) is 86.6 cm³/mol. The maximum absolute atomic E-state index is 13.1. The van der Waals surface area contributed by atoms with Gasteiger partial charge in [0.1, 0.15) is 11.6 Å². The number of carbonyl (C=O) groups is 1. The summed E-state index contributed by atoms with van der Waals surface area (Å²) >= 11 is 0. The molecule has 0 bridgehead atoms. The van der Waals surface area contributed by atoms with Crippen LogP contribution in [0.25, 0.3) is 5.69 Å². The largest absolute Gasteiger partial charge is 0.381 e. The van der Waals surface area contributed by atoms with E-state index in [4.69, 9.17) is 4.74 Å². The van der Waals surface area contributed by atoms with Gasteiger partial charge in [-0.25, -0.2) is 14.1 Å². The Morgan fingerprint density at radius 2 is 2.17 bits per heavy atom. The highest BCUT2D eigenvalue weighted by atomic mass is 19.1. The molecular weight excluding hydrogens is 311 g/mol. The van der Waals surface area contributed by atoms with Gasteiger partial charge in [-0.05, 0) is 44.5 Å². The molecule has 2 aromatic rings. The standard InChI is InChI=1S/C17H21FN4O2/c1-3-21(10-13-8-9-24-11-13)17(23)16-19-12(2)22(20-16)15-6-4-14(18)5-7-15/h4-7,13H,3,8-11H2,1-2H3. The van der Waals surface area contributed by atoms with Crippen molar-refractivity contribution in [3.05, 3.63) is 41.7 Å². The lowest BCUT2D eigenvalue weighted by Crippen LogP contribution is -2.36. The van der Waals surface area contributed by atoms with E-state index in [1.807, 2.05) is 6.92 Å². The topological polar surface area (TPSA) is 60.2 Å². The highest BCUT2D eigenvalue weighted by Gasteiger charge is 2.25. The number of hydrogen-bond donors (Lipinski definition) is 0. The lowest BCUT2D eigenvalue weighted by Gasteiger charge is -2.22. The molecule has 1 aliphatic rings. The molecule has 1 aromatic carbocycles. The van der Waals surface area contributed by atoms with E-state index >= 15 is 0 Å². The summed E-state index contributed by atoms with van der Waals surface area (Å²) in [5, 5.41) is 4.31. The van der Waals surface area contributed by atoms with Gasteiger partial charge in [0.05, 0.1) is 12.3 Å². The first kappa shape index (κ1) is 16.6. The summed E-state index contributed by atoms with van der Waals surface area (Å²) in [7, 11) is 0. The molecule has 1 atom stereocenters. The molecule has 1 aromatic heterocycles. The molecule has 2 heterocycles. The van der Waals surface area contributed by atoms with Crippen molar-refractivity contribution in [2.75, 3.05) is 26.3 Å². The summed E-state index contributed by atoms with van der Waals surface area (Å²) < 4.78 is 20.0. The van der Waals surface area contributed by atoms with E-state index in [1.165, 1.54) is 12.1 Å². The number of aryl methyl sites for hydroxylation is 1. The van der Waals surface area contributed by atoms with Gasteiger partial charge in [-0.2, -0.15) is 0 Å². The van der Waals surface area contributed by atoms with E-state index in [0.29, 0.717) is 37.1 Å². The summed E-state index contributed by atoms with van der Waals surface area (Å²) in [5.41, 5.74) is 0.674. The van der Waals surface area contributed by atoms with Crippen molar-refractivity contribution < 1.29 is 13.9 Å². The molecular formula is C17H21FN4O2. The maximum atomic E-state index is 13.1. The Morgan fingerprint density at radius 3 is 2.79 bits per heavy atom. The monoisotopic (exact) mass is 332 g/mol. The molecule has 0 saturated carbocycles. The highest BCUT2D eigenvalue weighted by Crippen LogP contribution is 2.16. The smallest absolute Gasteiger partial charge is 0.293 e. The Labute approximate surface area is 140 Å². The second-order valence-corrected chi connectivity index (χ2v) is 5.94. The van der Waals surface area contributed by atoms with Crippen LogP contribution >= 0.6 is 0 Å². The SMILES string of the molecule is CCN(CC1CCOC1)C(=O)c1nc(C)n(-c2ccc(F)cc2)n1. The van der Waals surface area contributed by atoms with E-state index in [2.05, 4.69) is 10.1 Å². The van der Waals surface area contributed by atoms with E-state index in [1.54, 1.807) is 28.6 Å². The maximum Gasteiger partial charge on any atom is 0.293 e. The number of benzene rings is 1. The van der Waals surface area contributed by atoms with Crippen LogP contribution in [-0.4, -0.2) is 51.9 Å². The van der Waals surface area contributed by atoms with Gasteiger partial charge in [-0.3, -0.25) is 4.79 Å².